The summed E-state index contributed by atoms with van der Waals surface area (Å²) in [6, 6.07) is 0. The van der Waals surface area contributed by atoms with E-state index in [9.17, 15) is 4.79 Å². The molecule has 0 aromatic carbocycles. The maximum absolute atomic E-state index is 12.2. The summed E-state index contributed by atoms with van der Waals surface area (Å²) >= 11 is 0. The Kier molecular flexibility index (Phi) is 7.34. The van der Waals surface area contributed by atoms with Crippen LogP contribution in [0.1, 0.15) is 34.6 Å². The van der Waals surface area contributed by atoms with Gasteiger partial charge in [0.05, 0.1) is 12.1 Å². The first-order valence-electron chi connectivity index (χ1n) is 6.11. The zero-order chi connectivity index (χ0) is 12.6. The Bertz CT molecular complexity index is 205. The molecule has 0 spiro atoms. The highest BCUT2D eigenvalue weighted by molar-refractivity contribution is 5.85. The van der Waals surface area contributed by atoms with Crippen molar-refractivity contribution in [2.75, 3.05) is 32.8 Å². The van der Waals surface area contributed by atoms with Gasteiger partial charge in [0, 0.05) is 19.7 Å². The lowest BCUT2D eigenvalue weighted by molar-refractivity contribution is -0.137. The third-order valence-corrected chi connectivity index (χ3v) is 2.53. The Hall–Kier alpha value is -0.610. The lowest BCUT2D eigenvalue weighted by Gasteiger charge is -2.31. The molecule has 0 heterocycles. The number of carbonyl (C=O) groups is 1. The third kappa shape index (κ3) is 4.94. The lowest BCUT2D eigenvalue weighted by atomic mass is 10.0. The first-order chi connectivity index (χ1) is 7.49. The zero-order valence-corrected chi connectivity index (χ0v) is 11.3. The Labute approximate surface area is 99.3 Å². The summed E-state index contributed by atoms with van der Waals surface area (Å²) in [6.45, 7) is 13.3. The first kappa shape index (κ1) is 15.4. The fourth-order valence-corrected chi connectivity index (χ4v) is 1.64. The maximum atomic E-state index is 12.2. The molecule has 0 atom stereocenters. The second kappa shape index (κ2) is 7.63. The van der Waals surface area contributed by atoms with Crippen LogP contribution in [-0.4, -0.2) is 49.2 Å². The van der Waals surface area contributed by atoms with Gasteiger partial charge in [-0.25, -0.2) is 0 Å². The minimum absolute atomic E-state index is 0.136. The van der Waals surface area contributed by atoms with E-state index in [4.69, 9.17) is 4.74 Å². The molecule has 0 rings (SSSR count). The monoisotopic (exact) mass is 230 g/mol. The molecule has 0 saturated heterocycles. The van der Waals surface area contributed by atoms with E-state index in [0.717, 1.165) is 13.1 Å². The van der Waals surface area contributed by atoms with E-state index in [-0.39, 0.29) is 5.91 Å². The summed E-state index contributed by atoms with van der Waals surface area (Å²) in [5.41, 5.74) is -0.489. The SMILES string of the molecule is CCNC(C)(C)C(=O)N(CC)CCOCC. The van der Waals surface area contributed by atoms with E-state index in [1.165, 1.54) is 0 Å². The second-order valence-corrected chi connectivity index (χ2v) is 4.24. The molecule has 0 aliphatic rings. The molecular weight excluding hydrogens is 204 g/mol. The highest BCUT2D eigenvalue weighted by atomic mass is 16.5. The molecule has 4 heteroatoms. The standard InChI is InChI=1S/C12H26N2O2/c1-6-13-12(4,5)11(15)14(7-2)9-10-16-8-3/h13H,6-10H2,1-5H3. The first-order valence-corrected chi connectivity index (χ1v) is 6.11. The van der Waals surface area contributed by atoms with Crippen LogP contribution in [-0.2, 0) is 9.53 Å². The number of likely N-dealkylation sites (N-methyl/N-ethyl adjacent to an activating group) is 2. The van der Waals surface area contributed by atoms with Crippen molar-refractivity contribution in [3.05, 3.63) is 0 Å². The van der Waals surface area contributed by atoms with Gasteiger partial charge in [0.25, 0.3) is 0 Å². The van der Waals surface area contributed by atoms with Crippen molar-refractivity contribution >= 4 is 5.91 Å². The normalized spacial score (nSPS) is 11.6. The van der Waals surface area contributed by atoms with Crippen LogP contribution in [0.15, 0.2) is 0 Å². The number of hydrogen-bond donors (Lipinski definition) is 1. The van der Waals surface area contributed by atoms with E-state index in [0.29, 0.717) is 19.8 Å². The molecule has 1 N–H and O–H groups in total. The maximum Gasteiger partial charge on any atom is 0.242 e. The molecule has 1 amide bonds. The van der Waals surface area contributed by atoms with Crippen molar-refractivity contribution in [2.24, 2.45) is 0 Å². The van der Waals surface area contributed by atoms with Crippen molar-refractivity contribution in [3.8, 4) is 0 Å². The van der Waals surface area contributed by atoms with Crippen molar-refractivity contribution in [1.82, 2.24) is 10.2 Å². The van der Waals surface area contributed by atoms with Crippen LogP contribution < -0.4 is 5.32 Å². The van der Waals surface area contributed by atoms with E-state index in [1.807, 2.05) is 39.5 Å². The highest BCUT2D eigenvalue weighted by Crippen LogP contribution is 2.07. The van der Waals surface area contributed by atoms with Gasteiger partial charge in [0.15, 0.2) is 0 Å². The highest BCUT2D eigenvalue weighted by Gasteiger charge is 2.29. The number of hydrogen-bond acceptors (Lipinski definition) is 3. The van der Waals surface area contributed by atoms with Crippen LogP contribution in [0.2, 0.25) is 0 Å². The number of rotatable bonds is 8. The Balaban J connectivity index is 4.28. The molecule has 0 aromatic rings. The molecule has 0 unspecified atom stereocenters. The van der Waals surface area contributed by atoms with E-state index < -0.39 is 5.54 Å². The predicted molar refractivity (Wildman–Crippen MR) is 66.5 cm³/mol. The molecule has 0 aliphatic heterocycles. The summed E-state index contributed by atoms with van der Waals surface area (Å²) in [5, 5.41) is 3.19. The molecule has 0 saturated carbocycles. The van der Waals surface area contributed by atoms with E-state index >= 15 is 0 Å². The van der Waals surface area contributed by atoms with Crippen molar-refractivity contribution < 1.29 is 9.53 Å². The van der Waals surface area contributed by atoms with Crippen molar-refractivity contribution in [3.63, 3.8) is 0 Å². The van der Waals surface area contributed by atoms with E-state index in [1.54, 1.807) is 0 Å². The average molecular weight is 230 g/mol. The van der Waals surface area contributed by atoms with Crippen LogP contribution in [0, 0.1) is 0 Å². The lowest BCUT2D eigenvalue weighted by Crippen LogP contribution is -2.54. The summed E-state index contributed by atoms with van der Waals surface area (Å²) in [6.07, 6.45) is 0. The van der Waals surface area contributed by atoms with Gasteiger partial charge in [0.1, 0.15) is 0 Å². The van der Waals surface area contributed by atoms with Gasteiger partial charge in [0.2, 0.25) is 5.91 Å². The predicted octanol–water partition coefficient (Wildman–Crippen LogP) is 1.26. The van der Waals surface area contributed by atoms with Gasteiger partial charge in [-0.3, -0.25) is 4.79 Å². The molecule has 0 fully saturated rings. The average Bonchev–Trinajstić information content (AvgIpc) is 2.23. The number of nitrogens with zero attached hydrogens (tertiary/aromatic N) is 1. The smallest absolute Gasteiger partial charge is 0.242 e. The van der Waals surface area contributed by atoms with Gasteiger partial charge >= 0.3 is 0 Å². The molecular formula is C12H26N2O2. The fraction of sp³-hybridized carbons (Fsp3) is 0.917. The molecule has 0 aliphatic carbocycles. The molecule has 0 aromatic heterocycles. The largest absolute Gasteiger partial charge is 0.380 e. The van der Waals surface area contributed by atoms with Crippen LogP contribution in [0.4, 0.5) is 0 Å². The zero-order valence-electron chi connectivity index (χ0n) is 11.3. The van der Waals surface area contributed by atoms with Gasteiger partial charge in [-0.1, -0.05) is 6.92 Å². The van der Waals surface area contributed by atoms with Crippen LogP contribution in [0.3, 0.4) is 0 Å². The summed E-state index contributed by atoms with van der Waals surface area (Å²) in [5.74, 6) is 0.136. The van der Waals surface area contributed by atoms with Crippen molar-refractivity contribution in [2.45, 2.75) is 40.2 Å². The Morgan fingerprint density at radius 3 is 2.38 bits per heavy atom. The number of carbonyl (C=O) groups excluding carboxylic acids is 1. The van der Waals surface area contributed by atoms with Gasteiger partial charge in [-0.2, -0.15) is 0 Å². The number of ether oxygens (including phenoxy) is 1. The topological polar surface area (TPSA) is 41.6 Å². The molecule has 0 radical (unpaired) electrons. The Morgan fingerprint density at radius 2 is 1.94 bits per heavy atom. The molecule has 0 bridgehead atoms. The molecule has 16 heavy (non-hydrogen) atoms. The van der Waals surface area contributed by atoms with Gasteiger partial charge in [-0.05, 0) is 34.2 Å². The Morgan fingerprint density at radius 1 is 1.31 bits per heavy atom. The summed E-state index contributed by atoms with van der Waals surface area (Å²) < 4.78 is 5.27. The van der Waals surface area contributed by atoms with Gasteiger partial charge in [-0.15, -0.1) is 0 Å². The summed E-state index contributed by atoms with van der Waals surface area (Å²) in [4.78, 5) is 14.0. The number of nitrogens with one attached hydrogen (secondary N) is 1. The second-order valence-electron chi connectivity index (χ2n) is 4.24. The molecule has 4 nitrogen and oxygen atoms in total. The van der Waals surface area contributed by atoms with Crippen LogP contribution >= 0.6 is 0 Å². The quantitative estimate of drug-likeness (QED) is 0.638. The summed E-state index contributed by atoms with van der Waals surface area (Å²) in [7, 11) is 0. The fourth-order valence-electron chi connectivity index (χ4n) is 1.64. The third-order valence-electron chi connectivity index (χ3n) is 2.53. The molecule has 96 valence electrons. The minimum Gasteiger partial charge on any atom is -0.380 e. The van der Waals surface area contributed by atoms with E-state index in [2.05, 4.69) is 5.32 Å². The van der Waals surface area contributed by atoms with Crippen molar-refractivity contribution in [1.29, 1.82) is 0 Å². The number of amides is 1. The van der Waals surface area contributed by atoms with Crippen LogP contribution in [0.25, 0.3) is 0 Å². The van der Waals surface area contributed by atoms with Gasteiger partial charge < -0.3 is 15.0 Å². The van der Waals surface area contributed by atoms with Crippen LogP contribution in [0.5, 0.6) is 0 Å². The minimum atomic E-state index is -0.489.